The quantitative estimate of drug-likeness (QED) is 0.877. The summed E-state index contributed by atoms with van der Waals surface area (Å²) in [6.45, 7) is 7.18. The van der Waals surface area contributed by atoms with E-state index in [9.17, 15) is 0 Å². The third kappa shape index (κ3) is 3.53. The van der Waals surface area contributed by atoms with Crippen LogP contribution >= 0.6 is 0 Å². The third-order valence-electron chi connectivity index (χ3n) is 3.78. The number of aromatic amines is 1. The second-order valence-corrected chi connectivity index (χ2v) is 5.56. The minimum Gasteiger partial charge on any atom is -0.444 e. The largest absolute Gasteiger partial charge is 0.444 e. The Morgan fingerprint density at radius 3 is 3.09 bits per heavy atom. The minimum absolute atomic E-state index is 0.0868. The molecule has 0 saturated carbocycles. The molecule has 1 saturated heterocycles. The summed E-state index contributed by atoms with van der Waals surface area (Å²) in [6.07, 6.45) is 4.56. The molecule has 0 aromatic carbocycles. The SMILES string of the molecule is CCCc1nc([C@H]2CN(Cc3ncc(CC)o3)CCO2)n[nH]1. The van der Waals surface area contributed by atoms with Crippen molar-refractivity contribution in [3.8, 4) is 0 Å². The first kappa shape index (κ1) is 15.2. The van der Waals surface area contributed by atoms with Gasteiger partial charge in [-0.1, -0.05) is 13.8 Å². The van der Waals surface area contributed by atoms with Crippen LogP contribution in [0.15, 0.2) is 10.6 Å². The Labute approximate surface area is 130 Å². The molecule has 0 aliphatic carbocycles. The van der Waals surface area contributed by atoms with Crippen LogP contribution in [0.5, 0.6) is 0 Å². The molecule has 1 N–H and O–H groups in total. The standard InChI is InChI=1S/C15H23N5O2/c1-3-5-13-17-15(19-18-13)12-9-20(6-7-21-12)10-14-16-8-11(4-2)22-14/h8,12H,3-7,9-10H2,1-2H3,(H,17,18,19)/t12-/m1/s1. The van der Waals surface area contributed by atoms with Crippen LogP contribution in [0, 0.1) is 0 Å². The van der Waals surface area contributed by atoms with Gasteiger partial charge in [0.25, 0.3) is 0 Å². The Balaban J connectivity index is 1.60. The molecule has 0 bridgehead atoms. The van der Waals surface area contributed by atoms with Crippen LogP contribution in [0.2, 0.25) is 0 Å². The summed E-state index contributed by atoms with van der Waals surface area (Å²) in [4.78, 5) is 11.1. The molecule has 120 valence electrons. The van der Waals surface area contributed by atoms with E-state index in [-0.39, 0.29) is 6.10 Å². The van der Waals surface area contributed by atoms with Crippen molar-refractivity contribution in [2.24, 2.45) is 0 Å². The molecular weight excluding hydrogens is 282 g/mol. The second-order valence-electron chi connectivity index (χ2n) is 5.56. The Bertz CT molecular complexity index is 594. The monoisotopic (exact) mass is 305 g/mol. The van der Waals surface area contributed by atoms with Crippen LogP contribution in [0.1, 0.15) is 49.7 Å². The fourth-order valence-corrected chi connectivity index (χ4v) is 2.58. The van der Waals surface area contributed by atoms with Crippen molar-refractivity contribution >= 4 is 0 Å². The number of nitrogens with one attached hydrogen (secondary N) is 1. The average Bonchev–Trinajstić information content (AvgIpc) is 3.17. The summed E-state index contributed by atoms with van der Waals surface area (Å²) in [5.41, 5.74) is 0. The van der Waals surface area contributed by atoms with E-state index in [2.05, 4.69) is 38.9 Å². The van der Waals surface area contributed by atoms with E-state index >= 15 is 0 Å². The lowest BCUT2D eigenvalue weighted by Gasteiger charge is -2.30. The fraction of sp³-hybridized carbons (Fsp3) is 0.667. The third-order valence-corrected chi connectivity index (χ3v) is 3.78. The van der Waals surface area contributed by atoms with Gasteiger partial charge in [0.05, 0.1) is 19.3 Å². The van der Waals surface area contributed by atoms with E-state index in [0.29, 0.717) is 13.2 Å². The van der Waals surface area contributed by atoms with Gasteiger partial charge in [-0.15, -0.1) is 0 Å². The summed E-state index contributed by atoms with van der Waals surface area (Å²) in [5, 5.41) is 7.28. The van der Waals surface area contributed by atoms with Crippen molar-refractivity contribution in [2.45, 2.75) is 45.8 Å². The molecule has 3 rings (SSSR count). The molecule has 1 fully saturated rings. The lowest BCUT2D eigenvalue weighted by molar-refractivity contribution is -0.0393. The molecule has 0 unspecified atom stereocenters. The van der Waals surface area contributed by atoms with Gasteiger partial charge in [0, 0.05) is 25.9 Å². The molecule has 1 aliphatic rings. The van der Waals surface area contributed by atoms with Crippen molar-refractivity contribution in [3.05, 3.63) is 29.5 Å². The van der Waals surface area contributed by atoms with Gasteiger partial charge < -0.3 is 9.15 Å². The molecule has 0 spiro atoms. The maximum absolute atomic E-state index is 5.81. The Hall–Kier alpha value is -1.73. The zero-order valence-electron chi connectivity index (χ0n) is 13.2. The van der Waals surface area contributed by atoms with Gasteiger partial charge in [0.1, 0.15) is 17.7 Å². The molecule has 0 radical (unpaired) electrons. The van der Waals surface area contributed by atoms with E-state index in [4.69, 9.17) is 9.15 Å². The Morgan fingerprint density at radius 1 is 1.41 bits per heavy atom. The number of aryl methyl sites for hydroxylation is 2. The Kier molecular flexibility index (Phi) is 4.84. The number of ether oxygens (including phenoxy) is 1. The van der Waals surface area contributed by atoms with E-state index < -0.39 is 0 Å². The van der Waals surface area contributed by atoms with Crippen molar-refractivity contribution in [2.75, 3.05) is 19.7 Å². The van der Waals surface area contributed by atoms with Gasteiger partial charge >= 0.3 is 0 Å². The highest BCUT2D eigenvalue weighted by Gasteiger charge is 2.26. The molecule has 2 aromatic heterocycles. The van der Waals surface area contributed by atoms with E-state index in [1.54, 1.807) is 6.20 Å². The van der Waals surface area contributed by atoms with Gasteiger partial charge in [0.15, 0.2) is 5.82 Å². The van der Waals surface area contributed by atoms with Crippen LogP contribution < -0.4 is 0 Å². The number of morpholine rings is 1. The first-order valence-corrected chi connectivity index (χ1v) is 7.97. The van der Waals surface area contributed by atoms with Crippen LogP contribution in [0.4, 0.5) is 0 Å². The van der Waals surface area contributed by atoms with Gasteiger partial charge in [-0.2, -0.15) is 5.10 Å². The molecule has 1 atom stereocenters. The molecule has 1 aliphatic heterocycles. The molecule has 2 aromatic rings. The van der Waals surface area contributed by atoms with Gasteiger partial charge in [-0.05, 0) is 6.42 Å². The van der Waals surface area contributed by atoms with Crippen molar-refractivity contribution in [1.82, 2.24) is 25.1 Å². The van der Waals surface area contributed by atoms with Gasteiger partial charge in [-0.25, -0.2) is 9.97 Å². The highest BCUT2D eigenvalue weighted by Crippen LogP contribution is 2.20. The number of hydrogen-bond donors (Lipinski definition) is 1. The predicted molar refractivity (Wildman–Crippen MR) is 80.2 cm³/mol. The molecule has 22 heavy (non-hydrogen) atoms. The summed E-state index contributed by atoms with van der Waals surface area (Å²) in [7, 11) is 0. The van der Waals surface area contributed by atoms with E-state index in [1.165, 1.54) is 0 Å². The topological polar surface area (TPSA) is 80.1 Å². The first-order valence-electron chi connectivity index (χ1n) is 7.97. The smallest absolute Gasteiger partial charge is 0.208 e. The fourth-order valence-electron chi connectivity index (χ4n) is 2.58. The molecule has 7 nitrogen and oxygen atoms in total. The van der Waals surface area contributed by atoms with Crippen molar-refractivity contribution < 1.29 is 9.15 Å². The number of hydrogen-bond acceptors (Lipinski definition) is 6. The van der Waals surface area contributed by atoms with Crippen LogP contribution in [-0.4, -0.2) is 44.8 Å². The van der Waals surface area contributed by atoms with Crippen LogP contribution in [-0.2, 0) is 24.1 Å². The summed E-state index contributed by atoms with van der Waals surface area (Å²) >= 11 is 0. The number of aromatic nitrogens is 4. The van der Waals surface area contributed by atoms with Crippen LogP contribution in [0.3, 0.4) is 0 Å². The van der Waals surface area contributed by atoms with E-state index in [0.717, 1.165) is 55.7 Å². The normalized spacial score (nSPS) is 19.6. The highest BCUT2D eigenvalue weighted by molar-refractivity contribution is 4.98. The summed E-state index contributed by atoms with van der Waals surface area (Å²) in [6, 6.07) is 0. The molecule has 0 amide bonds. The number of rotatable bonds is 6. The minimum atomic E-state index is -0.0868. The zero-order valence-corrected chi connectivity index (χ0v) is 13.2. The maximum Gasteiger partial charge on any atom is 0.208 e. The number of oxazole rings is 1. The Morgan fingerprint density at radius 2 is 2.32 bits per heavy atom. The van der Waals surface area contributed by atoms with Crippen molar-refractivity contribution in [3.63, 3.8) is 0 Å². The lowest BCUT2D eigenvalue weighted by atomic mass is 10.2. The first-order chi connectivity index (χ1) is 10.8. The van der Waals surface area contributed by atoms with Crippen LogP contribution in [0.25, 0.3) is 0 Å². The molecule has 3 heterocycles. The summed E-state index contributed by atoms with van der Waals surface area (Å²) < 4.78 is 11.5. The molecule has 7 heteroatoms. The number of nitrogens with zero attached hydrogens (tertiary/aromatic N) is 4. The highest BCUT2D eigenvalue weighted by atomic mass is 16.5. The zero-order chi connectivity index (χ0) is 15.4. The maximum atomic E-state index is 5.81. The summed E-state index contributed by atoms with van der Waals surface area (Å²) in [5.74, 6) is 3.37. The van der Waals surface area contributed by atoms with Gasteiger partial charge in [-0.3, -0.25) is 10.00 Å². The van der Waals surface area contributed by atoms with Crippen molar-refractivity contribution in [1.29, 1.82) is 0 Å². The lowest BCUT2D eigenvalue weighted by Crippen LogP contribution is -2.38. The average molecular weight is 305 g/mol. The van der Waals surface area contributed by atoms with E-state index in [1.807, 2.05) is 0 Å². The molecular formula is C15H23N5O2. The predicted octanol–water partition coefficient (Wildman–Crippen LogP) is 1.88. The van der Waals surface area contributed by atoms with Gasteiger partial charge in [0.2, 0.25) is 5.89 Å². The number of H-pyrrole nitrogens is 1. The second kappa shape index (κ2) is 7.02.